The molecule has 1 amide bonds. The Morgan fingerprint density at radius 1 is 1.14 bits per heavy atom. The lowest BCUT2D eigenvalue weighted by molar-refractivity contribution is -0.119. The molecular formula is C17H17NO3. The van der Waals surface area contributed by atoms with Crippen LogP contribution in [-0.4, -0.2) is 18.3 Å². The quantitative estimate of drug-likeness (QED) is 0.396. The Morgan fingerprint density at radius 2 is 1.86 bits per heavy atom. The molecule has 4 nitrogen and oxygen atoms in total. The summed E-state index contributed by atoms with van der Waals surface area (Å²) in [5.74, 6) is -0.798. The molecule has 2 aromatic rings. The number of carbonyl (C=O) groups excluding carboxylic acids is 2. The first-order chi connectivity index (χ1) is 10.1. The Hall–Kier alpha value is -2.62. The maximum Gasteiger partial charge on any atom is 0.262 e. The normalized spacial score (nSPS) is 11.2. The van der Waals surface area contributed by atoms with Gasteiger partial charge in [0.15, 0.2) is 5.78 Å². The van der Waals surface area contributed by atoms with E-state index in [0.29, 0.717) is 12.3 Å². The molecule has 0 radical (unpaired) electrons. The van der Waals surface area contributed by atoms with Crippen molar-refractivity contribution in [3.05, 3.63) is 54.3 Å². The minimum Gasteiger partial charge on any atom is -0.501 e. The molecular weight excluding hydrogens is 266 g/mol. The summed E-state index contributed by atoms with van der Waals surface area (Å²) in [4.78, 5) is 23.8. The van der Waals surface area contributed by atoms with Crippen molar-refractivity contribution in [2.24, 2.45) is 0 Å². The molecule has 0 saturated carbocycles. The second-order valence-corrected chi connectivity index (χ2v) is 4.52. The molecule has 108 valence electrons. The lowest BCUT2D eigenvalue weighted by Crippen LogP contribution is -2.19. The van der Waals surface area contributed by atoms with E-state index in [2.05, 4.69) is 5.32 Å². The number of carbonyl (C=O) groups is 2. The maximum atomic E-state index is 12.2. The first-order valence-corrected chi connectivity index (χ1v) is 6.75. The van der Waals surface area contributed by atoms with Crippen LogP contribution in [0.25, 0.3) is 10.8 Å². The molecule has 0 aromatic heterocycles. The molecule has 0 fully saturated rings. The highest BCUT2D eigenvalue weighted by Gasteiger charge is 2.16. The van der Waals surface area contributed by atoms with Gasteiger partial charge in [0.25, 0.3) is 5.91 Å². The highest BCUT2D eigenvalue weighted by atomic mass is 16.5. The molecule has 0 aliphatic heterocycles. The molecule has 0 unspecified atom stereocenters. The van der Waals surface area contributed by atoms with E-state index in [9.17, 15) is 9.59 Å². The summed E-state index contributed by atoms with van der Waals surface area (Å²) < 4.78 is 5.06. The summed E-state index contributed by atoms with van der Waals surface area (Å²) in [6.45, 7) is 3.53. The van der Waals surface area contributed by atoms with Gasteiger partial charge in [0.1, 0.15) is 5.57 Å². The topological polar surface area (TPSA) is 55.4 Å². The van der Waals surface area contributed by atoms with Crippen molar-refractivity contribution in [1.29, 1.82) is 0 Å². The summed E-state index contributed by atoms with van der Waals surface area (Å²) in [7, 11) is 0. The number of amides is 1. The van der Waals surface area contributed by atoms with Crippen molar-refractivity contribution in [3.63, 3.8) is 0 Å². The van der Waals surface area contributed by atoms with E-state index in [0.717, 1.165) is 10.8 Å². The average Bonchev–Trinajstić information content (AvgIpc) is 2.47. The molecule has 2 rings (SSSR count). The molecule has 0 heterocycles. The third-order valence-electron chi connectivity index (χ3n) is 3.03. The molecule has 0 aliphatic carbocycles. The summed E-state index contributed by atoms with van der Waals surface area (Å²) in [6.07, 6.45) is 1.21. The van der Waals surface area contributed by atoms with Crippen LogP contribution < -0.4 is 5.32 Å². The minimum atomic E-state index is -0.465. The van der Waals surface area contributed by atoms with Crippen LogP contribution in [0.5, 0.6) is 0 Å². The number of Topliss-reactive ketones (excluding diaryl/α,β-unsaturated/α-hetero) is 1. The monoisotopic (exact) mass is 283 g/mol. The van der Waals surface area contributed by atoms with E-state index in [-0.39, 0.29) is 11.4 Å². The fourth-order valence-corrected chi connectivity index (χ4v) is 1.99. The van der Waals surface area contributed by atoms with Crippen molar-refractivity contribution in [2.75, 3.05) is 11.9 Å². The molecule has 21 heavy (non-hydrogen) atoms. The van der Waals surface area contributed by atoms with E-state index in [1.807, 2.05) is 36.4 Å². The second kappa shape index (κ2) is 6.70. The molecule has 0 spiro atoms. The van der Waals surface area contributed by atoms with Gasteiger partial charge in [0, 0.05) is 11.1 Å². The van der Waals surface area contributed by atoms with E-state index in [1.54, 1.807) is 13.0 Å². The van der Waals surface area contributed by atoms with Gasteiger partial charge in [-0.15, -0.1) is 0 Å². The Labute approximate surface area is 123 Å². The van der Waals surface area contributed by atoms with Crippen LogP contribution >= 0.6 is 0 Å². The van der Waals surface area contributed by atoms with Crippen molar-refractivity contribution in [2.45, 2.75) is 13.8 Å². The number of benzene rings is 2. The van der Waals surface area contributed by atoms with Crippen LogP contribution in [0.2, 0.25) is 0 Å². The van der Waals surface area contributed by atoms with Gasteiger partial charge in [0.2, 0.25) is 0 Å². The van der Waals surface area contributed by atoms with E-state index in [4.69, 9.17) is 4.74 Å². The Balaban J connectivity index is 2.31. The summed E-state index contributed by atoms with van der Waals surface area (Å²) in [5, 5.41) is 4.71. The Morgan fingerprint density at radius 3 is 2.57 bits per heavy atom. The molecule has 4 heteroatoms. The lowest BCUT2D eigenvalue weighted by Gasteiger charge is -2.09. The van der Waals surface area contributed by atoms with Crippen LogP contribution in [0.15, 0.2) is 54.3 Å². The Bertz CT molecular complexity index is 699. The third-order valence-corrected chi connectivity index (χ3v) is 3.03. The first kappa shape index (κ1) is 14.8. The number of anilines is 1. The Kier molecular flexibility index (Phi) is 4.72. The zero-order valence-corrected chi connectivity index (χ0v) is 12.1. The van der Waals surface area contributed by atoms with Crippen molar-refractivity contribution in [1.82, 2.24) is 0 Å². The van der Waals surface area contributed by atoms with Gasteiger partial charge in [-0.2, -0.15) is 0 Å². The van der Waals surface area contributed by atoms with Gasteiger partial charge in [-0.25, -0.2) is 0 Å². The van der Waals surface area contributed by atoms with Gasteiger partial charge < -0.3 is 10.1 Å². The van der Waals surface area contributed by atoms with Crippen LogP contribution in [0, 0.1) is 0 Å². The zero-order chi connectivity index (χ0) is 15.2. The fraction of sp³-hybridized carbons (Fsp3) is 0.176. The van der Waals surface area contributed by atoms with Crippen molar-refractivity contribution >= 4 is 28.2 Å². The minimum absolute atomic E-state index is 0.00443. The molecule has 0 aliphatic rings. The average molecular weight is 283 g/mol. The number of hydrogen-bond acceptors (Lipinski definition) is 3. The number of hydrogen-bond donors (Lipinski definition) is 1. The molecule has 0 bridgehead atoms. The smallest absolute Gasteiger partial charge is 0.262 e. The number of ether oxygens (including phenoxy) is 1. The summed E-state index contributed by atoms with van der Waals surface area (Å²) >= 11 is 0. The number of rotatable bonds is 5. The predicted molar refractivity (Wildman–Crippen MR) is 83.0 cm³/mol. The van der Waals surface area contributed by atoms with E-state index >= 15 is 0 Å². The number of ketones is 1. The summed E-state index contributed by atoms with van der Waals surface area (Å²) in [5.41, 5.74) is 0.673. The standard InChI is InChI=1S/C17H17NO3/c1-3-21-11-15(12(2)19)17(20)18-16-10-6-8-13-7-4-5-9-14(13)16/h4-11H,3H2,1-2H3,(H,18,20)/b15-11+. The molecule has 0 atom stereocenters. The highest BCUT2D eigenvalue weighted by molar-refractivity contribution is 6.23. The van der Waals surface area contributed by atoms with Crippen molar-refractivity contribution in [3.8, 4) is 0 Å². The second-order valence-electron chi connectivity index (χ2n) is 4.52. The van der Waals surface area contributed by atoms with Gasteiger partial charge in [-0.1, -0.05) is 36.4 Å². The summed E-state index contributed by atoms with van der Waals surface area (Å²) in [6, 6.07) is 13.4. The SMILES string of the molecule is CCO/C=C(\C(C)=O)C(=O)Nc1cccc2ccccc12. The van der Waals surface area contributed by atoms with Gasteiger partial charge in [0.05, 0.1) is 12.9 Å². The van der Waals surface area contributed by atoms with Crippen LogP contribution in [0.4, 0.5) is 5.69 Å². The third kappa shape index (κ3) is 3.48. The van der Waals surface area contributed by atoms with Crippen LogP contribution in [-0.2, 0) is 14.3 Å². The van der Waals surface area contributed by atoms with Crippen LogP contribution in [0.1, 0.15) is 13.8 Å². The maximum absolute atomic E-state index is 12.2. The molecule has 2 aromatic carbocycles. The van der Waals surface area contributed by atoms with Crippen molar-refractivity contribution < 1.29 is 14.3 Å². The lowest BCUT2D eigenvalue weighted by atomic mass is 10.1. The van der Waals surface area contributed by atoms with E-state index < -0.39 is 5.91 Å². The van der Waals surface area contributed by atoms with E-state index in [1.165, 1.54) is 13.2 Å². The number of nitrogens with one attached hydrogen (secondary N) is 1. The largest absolute Gasteiger partial charge is 0.501 e. The zero-order valence-electron chi connectivity index (χ0n) is 12.1. The van der Waals surface area contributed by atoms with Gasteiger partial charge in [-0.05, 0) is 25.3 Å². The van der Waals surface area contributed by atoms with Crippen LogP contribution in [0.3, 0.4) is 0 Å². The molecule has 1 N–H and O–H groups in total. The van der Waals surface area contributed by atoms with Gasteiger partial charge in [-0.3, -0.25) is 9.59 Å². The predicted octanol–water partition coefficient (Wildman–Crippen LogP) is 3.29. The van der Waals surface area contributed by atoms with Gasteiger partial charge >= 0.3 is 0 Å². The fourth-order valence-electron chi connectivity index (χ4n) is 1.99. The highest BCUT2D eigenvalue weighted by Crippen LogP contribution is 2.23. The number of fused-ring (bicyclic) bond motifs is 1. The first-order valence-electron chi connectivity index (χ1n) is 6.75. The molecule has 0 saturated heterocycles.